The molecule has 2 aromatic heterocycles. The Labute approximate surface area is 98.4 Å². The van der Waals surface area contributed by atoms with Gasteiger partial charge in [0.05, 0.1) is 12.7 Å². The second-order valence-corrected chi connectivity index (χ2v) is 3.56. The molecule has 17 heavy (non-hydrogen) atoms. The van der Waals surface area contributed by atoms with Gasteiger partial charge < -0.3 is 15.2 Å². The number of oxazole rings is 1. The highest BCUT2D eigenvalue weighted by Crippen LogP contribution is 2.17. The van der Waals surface area contributed by atoms with E-state index in [1.807, 2.05) is 13.8 Å². The van der Waals surface area contributed by atoms with E-state index in [1.165, 1.54) is 6.33 Å². The van der Waals surface area contributed by atoms with Crippen molar-refractivity contribution in [2.24, 2.45) is 5.84 Å². The minimum atomic E-state index is 0.468. The molecule has 90 valence electrons. The van der Waals surface area contributed by atoms with E-state index >= 15 is 0 Å². The van der Waals surface area contributed by atoms with Crippen molar-refractivity contribution in [3.05, 3.63) is 29.7 Å². The summed E-state index contributed by atoms with van der Waals surface area (Å²) in [7, 11) is 0. The third-order valence-electron chi connectivity index (χ3n) is 2.30. The van der Waals surface area contributed by atoms with Crippen molar-refractivity contribution >= 4 is 11.6 Å². The van der Waals surface area contributed by atoms with Crippen LogP contribution < -0.4 is 16.6 Å². The van der Waals surface area contributed by atoms with Crippen LogP contribution in [-0.4, -0.2) is 15.0 Å². The number of aryl methyl sites for hydroxylation is 1. The maximum absolute atomic E-state index is 5.34. The summed E-state index contributed by atoms with van der Waals surface area (Å²) >= 11 is 0. The highest BCUT2D eigenvalue weighted by atomic mass is 16.4. The van der Waals surface area contributed by atoms with Crippen molar-refractivity contribution < 1.29 is 4.42 Å². The Kier molecular flexibility index (Phi) is 3.20. The molecule has 0 fully saturated rings. The van der Waals surface area contributed by atoms with Gasteiger partial charge in [0.2, 0.25) is 5.89 Å². The lowest BCUT2D eigenvalue weighted by Gasteiger charge is -2.09. The van der Waals surface area contributed by atoms with Crippen LogP contribution in [0.4, 0.5) is 11.6 Å². The van der Waals surface area contributed by atoms with Crippen molar-refractivity contribution in [1.29, 1.82) is 0 Å². The summed E-state index contributed by atoms with van der Waals surface area (Å²) in [6.07, 6.45) is 3.11. The first kappa shape index (κ1) is 11.3. The number of aromatic nitrogens is 3. The molecule has 0 saturated heterocycles. The van der Waals surface area contributed by atoms with Gasteiger partial charge in [0, 0.05) is 5.56 Å². The summed E-state index contributed by atoms with van der Waals surface area (Å²) in [6.45, 7) is 4.19. The van der Waals surface area contributed by atoms with Gasteiger partial charge in [0.25, 0.3) is 0 Å². The van der Waals surface area contributed by atoms with Gasteiger partial charge >= 0.3 is 0 Å². The standard InChI is InChI=1S/C10H14N6O/c1-6-3-12-8(17-6)4-13-9-7(2)10(16-11)15-5-14-9/h3,5H,4,11H2,1-2H3,(H2,13,14,15,16). The Bertz CT molecular complexity index is 509. The van der Waals surface area contributed by atoms with Crippen LogP contribution >= 0.6 is 0 Å². The molecule has 0 aliphatic carbocycles. The van der Waals surface area contributed by atoms with Gasteiger partial charge in [-0.15, -0.1) is 0 Å². The van der Waals surface area contributed by atoms with E-state index in [-0.39, 0.29) is 0 Å². The number of nitrogens with one attached hydrogen (secondary N) is 2. The predicted molar refractivity (Wildman–Crippen MR) is 63.1 cm³/mol. The van der Waals surface area contributed by atoms with E-state index in [1.54, 1.807) is 6.20 Å². The van der Waals surface area contributed by atoms with Crippen LogP contribution in [0.5, 0.6) is 0 Å². The number of rotatable bonds is 4. The fourth-order valence-electron chi connectivity index (χ4n) is 1.42. The number of hydrazine groups is 1. The first-order valence-corrected chi connectivity index (χ1v) is 5.14. The van der Waals surface area contributed by atoms with Crippen molar-refractivity contribution in [3.8, 4) is 0 Å². The molecule has 0 amide bonds. The lowest BCUT2D eigenvalue weighted by molar-refractivity contribution is 0.478. The fourth-order valence-corrected chi connectivity index (χ4v) is 1.42. The molecular formula is C10H14N6O. The number of nitrogens with two attached hydrogens (primary N) is 1. The van der Waals surface area contributed by atoms with Gasteiger partial charge in [0.1, 0.15) is 23.7 Å². The Balaban J connectivity index is 2.09. The fraction of sp³-hybridized carbons (Fsp3) is 0.300. The van der Waals surface area contributed by atoms with E-state index in [2.05, 4.69) is 25.7 Å². The smallest absolute Gasteiger partial charge is 0.213 e. The molecule has 0 aliphatic heterocycles. The molecular weight excluding hydrogens is 220 g/mol. The van der Waals surface area contributed by atoms with E-state index in [0.717, 1.165) is 11.3 Å². The quantitative estimate of drug-likeness (QED) is 0.535. The lowest BCUT2D eigenvalue weighted by atomic mass is 10.3. The van der Waals surface area contributed by atoms with Crippen LogP contribution in [-0.2, 0) is 6.54 Å². The number of nitrogens with zero attached hydrogens (tertiary/aromatic N) is 3. The molecule has 2 heterocycles. The van der Waals surface area contributed by atoms with Crippen LogP contribution in [0, 0.1) is 13.8 Å². The highest BCUT2D eigenvalue weighted by Gasteiger charge is 2.07. The molecule has 7 heteroatoms. The highest BCUT2D eigenvalue weighted by molar-refractivity contribution is 5.55. The third kappa shape index (κ3) is 2.51. The van der Waals surface area contributed by atoms with E-state index in [9.17, 15) is 0 Å². The Morgan fingerprint density at radius 3 is 2.65 bits per heavy atom. The zero-order valence-corrected chi connectivity index (χ0v) is 9.69. The van der Waals surface area contributed by atoms with Gasteiger partial charge in [-0.3, -0.25) is 0 Å². The SMILES string of the molecule is Cc1cnc(CNc2ncnc(NN)c2C)o1. The number of hydrogen-bond donors (Lipinski definition) is 3. The van der Waals surface area contributed by atoms with Crippen LogP contribution in [0.1, 0.15) is 17.2 Å². The average Bonchev–Trinajstić information content (AvgIpc) is 2.74. The lowest BCUT2D eigenvalue weighted by Crippen LogP contribution is -2.12. The van der Waals surface area contributed by atoms with Crippen LogP contribution in [0.25, 0.3) is 0 Å². The topological polar surface area (TPSA) is 102 Å². The summed E-state index contributed by atoms with van der Waals surface area (Å²) in [5.41, 5.74) is 3.35. The van der Waals surface area contributed by atoms with Crippen molar-refractivity contribution in [2.75, 3.05) is 10.7 Å². The predicted octanol–water partition coefficient (Wildman–Crippen LogP) is 0.979. The van der Waals surface area contributed by atoms with Crippen molar-refractivity contribution in [1.82, 2.24) is 15.0 Å². The monoisotopic (exact) mass is 234 g/mol. The normalized spacial score (nSPS) is 10.3. The van der Waals surface area contributed by atoms with Crippen LogP contribution in [0.15, 0.2) is 16.9 Å². The maximum Gasteiger partial charge on any atom is 0.213 e. The van der Waals surface area contributed by atoms with E-state index in [4.69, 9.17) is 10.3 Å². The molecule has 0 atom stereocenters. The molecule has 0 radical (unpaired) electrons. The van der Waals surface area contributed by atoms with Gasteiger partial charge in [-0.05, 0) is 13.8 Å². The molecule has 2 aromatic rings. The number of nitrogen functional groups attached to an aromatic ring is 1. The zero-order chi connectivity index (χ0) is 12.3. The van der Waals surface area contributed by atoms with Crippen LogP contribution in [0.3, 0.4) is 0 Å². The van der Waals surface area contributed by atoms with Gasteiger partial charge in [-0.1, -0.05) is 0 Å². The molecule has 0 bridgehead atoms. The van der Waals surface area contributed by atoms with Gasteiger partial charge in [-0.25, -0.2) is 20.8 Å². The minimum absolute atomic E-state index is 0.468. The summed E-state index contributed by atoms with van der Waals surface area (Å²) in [6, 6.07) is 0. The minimum Gasteiger partial charge on any atom is -0.444 e. The van der Waals surface area contributed by atoms with E-state index in [0.29, 0.717) is 24.1 Å². The molecule has 0 aliphatic rings. The van der Waals surface area contributed by atoms with Crippen molar-refractivity contribution in [3.63, 3.8) is 0 Å². The van der Waals surface area contributed by atoms with Gasteiger partial charge in [0.15, 0.2) is 0 Å². The first-order chi connectivity index (χ1) is 8.20. The second kappa shape index (κ2) is 4.79. The van der Waals surface area contributed by atoms with E-state index < -0.39 is 0 Å². The first-order valence-electron chi connectivity index (χ1n) is 5.14. The summed E-state index contributed by atoms with van der Waals surface area (Å²) in [5, 5.41) is 3.11. The molecule has 0 spiro atoms. The molecule has 0 saturated carbocycles. The molecule has 0 unspecified atom stereocenters. The molecule has 7 nitrogen and oxygen atoms in total. The largest absolute Gasteiger partial charge is 0.444 e. The van der Waals surface area contributed by atoms with Crippen LogP contribution in [0.2, 0.25) is 0 Å². The number of hydrogen-bond acceptors (Lipinski definition) is 7. The molecule has 0 aromatic carbocycles. The Hall–Kier alpha value is -2.15. The second-order valence-electron chi connectivity index (χ2n) is 3.56. The Morgan fingerprint density at radius 2 is 2.00 bits per heavy atom. The number of anilines is 2. The molecule has 4 N–H and O–H groups in total. The third-order valence-corrected chi connectivity index (χ3v) is 2.30. The van der Waals surface area contributed by atoms with Gasteiger partial charge in [-0.2, -0.15) is 0 Å². The summed E-state index contributed by atoms with van der Waals surface area (Å²) < 4.78 is 5.34. The zero-order valence-electron chi connectivity index (χ0n) is 9.69. The Morgan fingerprint density at radius 1 is 1.24 bits per heavy atom. The summed E-state index contributed by atoms with van der Waals surface area (Å²) in [4.78, 5) is 12.2. The summed E-state index contributed by atoms with van der Waals surface area (Å²) in [5.74, 6) is 8.01. The molecule has 2 rings (SSSR count). The maximum atomic E-state index is 5.34. The average molecular weight is 234 g/mol. The van der Waals surface area contributed by atoms with Crippen molar-refractivity contribution in [2.45, 2.75) is 20.4 Å².